The molecule has 0 aliphatic heterocycles. The number of nitrogens with two attached hydrogens (primary N) is 1. The fourth-order valence-electron chi connectivity index (χ4n) is 1.21. The zero-order valence-corrected chi connectivity index (χ0v) is 17.8. The predicted molar refractivity (Wildman–Crippen MR) is 102 cm³/mol. The summed E-state index contributed by atoms with van der Waals surface area (Å²) in [5.41, 5.74) is -0.00292. The quantitative estimate of drug-likeness (QED) is 0.180. The summed E-state index contributed by atoms with van der Waals surface area (Å²) < 4.78 is 9.02. The van der Waals surface area contributed by atoms with E-state index in [2.05, 4.69) is 30.2 Å². The van der Waals surface area contributed by atoms with Crippen LogP contribution in [0.2, 0.25) is 0 Å². The van der Waals surface area contributed by atoms with Crippen molar-refractivity contribution in [3.05, 3.63) is 0 Å². The number of esters is 2. The Morgan fingerprint density at radius 2 is 1.21 bits per heavy atom. The van der Waals surface area contributed by atoms with E-state index >= 15 is 0 Å². The Morgan fingerprint density at radius 1 is 0.821 bits per heavy atom. The van der Waals surface area contributed by atoms with Crippen molar-refractivity contribution in [1.82, 2.24) is 0 Å². The third-order valence-electron chi connectivity index (χ3n) is 2.04. The van der Waals surface area contributed by atoms with Gasteiger partial charge in [-0.05, 0) is 27.7 Å². The number of carbonyl (C=O) groups is 5. The van der Waals surface area contributed by atoms with Crippen LogP contribution in [0.25, 0.3) is 0 Å². The van der Waals surface area contributed by atoms with Crippen LogP contribution in [-0.2, 0) is 43.1 Å². The van der Waals surface area contributed by atoms with Gasteiger partial charge in [0, 0.05) is 0 Å². The smallest absolute Gasteiger partial charge is 0.375 e. The Bertz CT molecular complexity index is 522. The molecule has 0 saturated carbocycles. The number of ketones is 3. The van der Waals surface area contributed by atoms with Crippen molar-refractivity contribution in [3.8, 4) is 0 Å². The lowest BCUT2D eigenvalue weighted by Gasteiger charge is -2.02. The van der Waals surface area contributed by atoms with Crippen molar-refractivity contribution in [1.29, 1.82) is 0 Å². The van der Waals surface area contributed by atoms with Crippen LogP contribution in [0.5, 0.6) is 0 Å². The van der Waals surface area contributed by atoms with Crippen molar-refractivity contribution >= 4 is 47.4 Å². The summed E-state index contributed by atoms with van der Waals surface area (Å²) in [5.74, 6) is 1.54. The van der Waals surface area contributed by atoms with Gasteiger partial charge >= 0.3 is 11.9 Å². The van der Waals surface area contributed by atoms with Crippen LogP contribution >= 0.6 is 12.4 Å². The Morgan fingerprint density at radius 3 is 1.54 bits per heavy atom. The first-order valence-electron chi connectivity index (χ1n) is 7.79. The first kappa shape index (κ1) is 33.2. The molecule has 0 saturated heterocycles. The van der Waals surface area contributed by atoms with E-state index in [-0.39, 0.29) is 55.7 Å². The second-order valence-electron chi connectivity index (χ2n) is 4.58. The van der Waals surface area contributed by atoms with Crippen LogP contribution in [0.3, 0.4) is 0 Å². The van der Waals surface area contributed by atoms with E-state index in [1.807, 2.05) is 0 Å². The fourth-order valence-corrected chi connectivity index (χ4v) is 1.21. The van der Waals surface area contributed by atoms with Crippen LogP contribution in [0.15, 0.2) is 5.16 Å². The lowest BCUT2D eigenvalue weighted by Crippen LogP contribution is -2.20. The molecule has 0 aromatic carbocycles. The van der Waals surface area contributed by atoms with Crippen LogP contribution in [0.1, 0.15) is 40.5 Å². The third-order valence-corrected chi connectivity index (χ3v) is 2.04. The first-order valence-corrected chi connectivity index (χ1v) is 7.79. The number of Topliss-reactive ketones (excluding diaryl/α,β-unsaturated/α-hetero) is 3. The normalized spacial score (nSPS) is 9.18. The average Bonchev–Trinajstić information content (AvgIpc) is 2.55. The van der Waals surface area contributed by atoms with Gasteiger partial charge in [-0.2, -0.15) is 0 Å². The standard InChI is InChI=1S/C8H13NO4.C7H10O4.CH5NO.ClH/c1-4-13-8(11)7(9-12-3)5-6(2)10;1-3-11-7(10)6(9)4-5(2)8;1-3-2;/h4-5H2,1-3H3;3-4H2,1-2H3;2H2,1H3;1H/b9-7+;;;. The molecule has 0 rings (SSSR count). The molecule has 0 amide bonds. The van der Waals surface area contributed by atoms with E-state index in [1.165, 1.54) is 28.1 Å². The van der Waals surface area contributed by atoms with Gasteiger partial charge in [0.25, 0.3) is 0 Å². The van der Waals surface area contributed by atoms with Gasteiger partial charge in [-0.15, -0.1) is 12.4 Å². The molecule has 12 heteroatoms. The number of nitrogens with zero attached hydrogens (tertiary/aromatic N) is 1. The molecule has 0 atom stereocenters. The van der Waals surface area contributed by atoms with E-state index in [0.29, 0.717) is 0 Å². The predicted octanol–water partition coefficient (Wildman–Crippen LogP) is 0.557. The minimum atomic E-state index is -0.928. The van der Waals surface area contributed by atoms with Crippen molar-refractivity contribution in [2.75, 3.05) is 27.4 Å². The largest absolute Gasteiger partial charge is 0.461 e. The summed E-state index contributed by atoms with van der Waals surface area (Å²) in [6.07, 6.45) is -0.425. The maximum absolute atomic E-state index is 11.1. The molecule has 0 unspecified atom stereocenters. The van der Waals surface area contributed by atoms with Crippen molar-refractivity contribution in [2.45, 2.75) is 40.5 Å². The fraction of sp³-hybridized carbons (Fsp3) is 0.625. The number of hydrogen-bond donors (Lipinski definition) is 1. The zero-order valence-electron chi connectivity index (χ0n) is 16.9. The number of carbonyl (C=O) groups excluding carboxylic acids is 5. The third kappa shape index (κ3) is 23.6. The molecule has 0 bridgehead atoms. The number of hydrogen-bond acceptors (Lipinski definition) is 11. The van der Waals surface area contributed by atoms with Gasteiger partial charge in [-0.1, -0.05) is 5.16 Å². The Hall–Kier alpha value is -2.37. The number of ether oxygens (including phenoxy) is 2. The first-order chi connectivity index (χ1) is 12.6. The van der Waals surface area contributed by atoms with E-state index in [1.54, 1.807) is 13.8 Å². The summed E-state index contributed by atoms with van der Waals surface area (Å²) in [6, 6.07) is 0. The summed E-state index contributed by atoms with van der Waals surface area (Å²) >= 11 is 0. The van der Waals surface area contributed by atoms with Crippen molar-refractivity contribution in [2.24, 2.45) is 11.1 Å². The second kappa shape index (κ2) is 22.7. The Labute approximate surface area is 170 Å². The minimum absolute atomic E-state index is 0. The molecule has 164 valence electrons. The minimum Gasteiger partial charge on any atom is -0.461 e. The average molecular weight is 429 g/mol. The van der Waals surface area contributed by atoms with Gasteiger partial charge in [0.1, 0.15) is 18.7 Å². The zero-order chi connectivity index (χ0) is 21.8. The summed E-state index contributed by atoms with van der Waals surface area (Å²) in [7, 11) is 2.71. The van der Waals surface area contributed by atoms with Crippen LogP contribution < -0.4 is 5.90 Å². The summed E-state index contributed by atoms with van der Waals surface area (Å²) in [6.45, 7) is 6.29. The van der Waals surface area contributed by atoms with Crippen LogP contribution in [0, 0.1) is 0 Å². The topological polar surface area (TPSA) is 161 Å². The summed E-state index contributed by atoms with van der Waals surface area (Å²) in [5, 5.41) is 3.40. The van der Waals surface area contributed by atoms with E-state index in [9.17, 15) is 24.0 Å². The molecule has 11 nitrogen and oxygen atoms in total. The van der Waals surface area contributed by atoms with E-state index in [0.717, 1.165) is 0 Å². The summed E-state index contributed by atoms with van der Waals surface area (Å²) in [4.78, 5) is 61.5. The van der Waals surface area contributed by atoms with Gasteiger partial charge in [0.2, 0.25) is 5.78 Å². The van der Waals surface area contributed by atoms with Gasteiger partial charge in [-0.25, -0.2) is 15.5 Å². The molecule has 0 radical (unpaired) electrons. The van der Waals surface area contributed by atoms with Crippen molar-refractivity contribution < 1.29 is 43.1 Å². The molecule has 2 N–H and O–H groups in total. The molecule has 0 heterocycles. The Kier molecular flexibility index (Phi) is 26.9. The van der Waals surface area contributed by atoms with Crippen molar-refractivity contribution in [3.63, 3.8) is 0 Å². The maximum Gasteiger partial charge on any atom is 0.375 e. The number of halogens is 1. The highest BCUT2D eigenvalue weighted by atomic mass is 35.5. The van der Waals surface area contributed by atoms with E-state index in [4.69, 9.17) is 0 Å². The molecule has 0 aliphatic rings. The van der Waals surface area contributed by atoms with Gasteiger partial charge in [0.15, 0.2) is 5.71 Å². The van der Waals surface area contributed by atoms with Crippen LogP contribution in [0.4, 0.5) is 0 Å². The molecular weight excluding hydrogens is 400 g/mol. The highest BCUT2D eigenvalue weighted by Crippen LogP contribution is 1.94. The molecule has 28 heavy (non-hydrogen) atoms. The van der Waals surface area contributed by atoms with Gasteiger partial charge < -0.3 is 19.1 Å². The number of rotatable bonds is 9. The van der Waals surface area contributed by atoms with E-state index < -0.39 is 17.7 Å². The van der Waals surface area contributed by atoms with Gasteiger partial charge in [0.05, 0.1) is 33.2 Å². The lowest BCUT2D eigenvalue weighted by molar-refractivity contribution is -0.154. The maximum atomic E-state index is 11.1. The van der Waals surface area contributed by atoms with Gasteiger partial charge in [-0.3, -0.25) is 14.4 Å². The molecule has 0 aliphatic carbocycles. The molecule has 0 aromatic heterocycles. The molecule has 0 fully saturated rings. The second-order valence-corrected chi connectivity index (χ2v) is 4.58. The number of oxime groups is 1. The monoisotopic (exact) mass is 428 g/mol. The molecular formula is C16H29ClN2O9. The highest BCUT2D eigenvalue weighted by molar-refractivity contribution is 6.39. The molecule has 0 aromatic rings. The van der Waals surface area contributed by atoms with Crippen LogP contribution in [-0.4, -0.2) is 62.4 Å². The molecule has 0 spiro atoms. The highest BCUT2D eigenvalue weighted by Gasteiger charge is 2.16. The lowest BCUT2D eigenvalue weighted by atomic mass is 10.2. The Balaban J connectivity index is -0.000000176. The SMILES string of the molecule is CCOC(=O)/C(CC(C)=O)=N/OC.CCOC(=O)C(=O)CC(C)=O.CON.Cl.